The van der Waals surface area contributed by atoms with Gasteiger partial charge in [0, 0.05) is 17.3 Å². The van der Waals surface area contributed by atoms with Gasteiger partial charge in [-0.3, -0.25) is 9.59 Å². The number of primary amides is 1. The van der Waals surface area contributed by atoms with Gasteiger partial charge < -0.3 is 16.0 Å². The van der Waals surface area contributed by atoms with Crippen molar-refractivity contribution >= 4 is 45.4 Å². The van der Waals surface area contributed by atoms with Crippen LogP contribution >= 0.6 is 11.3 Å². The first-order valence-electron chi connectivity index (χ1n) is 8.65. The summed E-state index contributed by atoms with van der Waals surface area (Å²) in [7, 11) is 0. The van der Waals surface area contributed by atoms with Crippen LogP contribution < -0.4 is 16.0 Å². The van der Waals surface area contributed by atoms with Gasteiger partial charge in [0.25, 0.3) is 5.91 Å². The molecule has 0 aliphatic carbocycles. The zero-order chi connectivity index (χ0) is 20.5. The number of carbonyl (C=O) groups excluding carboxylic acids is 2. The number of carbonyl (C=O) groups is 2. The van der Waals surface area contributed by atoms with E-state index in [0.717, 1.165) is 11.1 Å². The number of hydrogen-bond acceptors (Lipinski definition) is 5. The lowest BCUT2D eigenvalue weighted by Crippen LogP contribution is -2.19. The van der Waals surface area contributed by atoms with E-state index in [2.05, 4.69) is 20.5 Å². The van der Waals surface area contributed by atoms with Gasteiger partial charge in [0.15, 0.2) is 6.20 Å². The SMILES string of the molecule is Cc1c(NC(=O)c2[nH+]ccs2)cccc1-c1ccc(C(N)=O)c2[nH]cc(N=O)c12. The van der Waals surface area contributed by atoms with Crippen molar-refractivity contribution < 1.29 is 14.6 Å². The molecule has 2 aromatic heterocycles. The Labute approximate surface area is 168 Å². The highest BCUT2D eigenvalue weighted by Crippen LogP contribution is 2.39. The molecular weight excluding hydrogens is 390 g/mol. The average Bonchev–Trinajstić information content (AvgIpc) is 3.39. The minimum atomic E-state index is -0.606. The van der Waals surface area contributed by atoms with Gasteiger partial charge in [-0.1, -0.05) is 29.5 Å². The van der Waals surface area contributed by atoms with E-state index in [1.807, 2.05) is 19.1 Å². The fourth-order valence-corrected chi connectivity index (χ4v) is 3.91. The first kappa shape index (κ1) is 18.5. The molecule has 0 bridgehead atoms. The number of rotatable bonds is 5. The molecule has 0 unspecified atom stereocenters. The fraction of sp³-hybridized carbons (Fsp3) is 0.0500. The summed E-state index contributed by atoms with van der Waals surface area (Å²) in [4.78, 5) is 41.3. The smallest absolute Gasteiger partial charge is 0.331 e. The predicted octanol–water partition coefficient (Wildman–Crippen LogP) is 3.77. The minimum absolute atomic E-state index is 0.181. The number of nitrogens with two attached hydrogens (primary N) is 1. The third kappa shape index (κ3) is 3.17. The van der Waals surface area contributed by atoms with Gasteiger partial charge in [-0.25, -0.2) is 0 Å². The van der Waals surface area contributed by atoms with E-state index < -0.39 is 5.91 Å². The van der Waals surface area contributed by atoms with Crippen LogP contribution in [0.1, 0.15) is 25.7 Å². The van der Waals surface area contributed by atoms with Gasteiger partial charge in [-0.05, 0) is 40.9 Å². The zero-order valence-corrected chi connectivity index (χ0v) is 16.1. The number of nitrogens with zero attached hydrogens (tertiary/aromatic N) is 1. The number of aromatic amines is 2. The summed E-state index contributed by atoms with van der Waals surface area (Å²) in [5.74, 6) is -0.850. The Hall–Kier alpha value is -3.85. The van der Waals surface area contributed by atoms with Crippen molar-refractivity contribution in [2.45, 2.75) is 6.92 Å². The van der Waals surface area contributed by atoms with Crippen molar-refractivity contribution in [2.24, 2.45) is 10.9 Å². The van der Waals surface area contributed by atoms with Crippen LogP contribution in [0.3, 0.4) is 0 Å². The fourth-order valence-electron chi connectivity index (χ4n) is 3.34. The third-order valence-electron chi connectivity index (χ3n) is 4.73. The molecule has 2 aromatic carbocycles. The molecule has 144 valence electrons. The molecule has 0 atom stereocenters. The van der Waals surface area contributed by atoms with E-state index >= 15 is 0 Å². The molecule has 0 fully saturated rings. The van der Waals surface area contributed by atoms with Gasteiger partial charge in [0.1, 0.15) is 5.69 Å². The molecule has 0 saturated carbocycles. The van der Waals surface area contributed by atoms with Crippen molar-refractivity contribution in [1.82, 2.24) is 4.98 Å². The van der Waals surface area contributed by atoms with Gasteiger partial charge in [0.05, 0.1) is 16.5 Å². The van der Waals surface area contributed by atoms with Crippen molar-refractivity contribution in [3.8, 4) is 11.1 Å². The summed E-state index contributed by atoms with van der Waals surface area (Å²) in [5, 5.41) is 8.75. The number of hydrogen-bond donors (Lipinski definition) is 3. The Morgan fingerprint density at radius 3 is 2.72 bits per heavy atom. The summed E-state index contributed by atoms with van der Waals surface area (Å²) in [6.45, 7) is 1.87. The highest BCUT2D eigenvalue weighted by Gasteiger charge is 2.20. The number of amides is 2. The molecule has 29 heavy (non-hydrogen) atoms. The van der Waals surface area contributed by atoms with Gasteiger partial charge in [0.2, 0.25) is 0 Å². The molecule has 0 saturated heterocycles. The van der Waals surface area contributed by atoms with Gasteiger partial charge in [-0.15, -0.1) is 4.91 Å². The molecule has 8 nitrogen and oxygen atoms in total. The van der Waals surface area contributed by atoms with Crippen molar-refractivity contribution in [1.29, 1.82) is 0 Å². The summed E-state index contributed by atoms with van der Waals surface area (Å²) in [6, 6.07) is 8.82. The Kier molecular flexibility index (Phi) is 4.65. The monoisotopic (exact) mass is 406 g/mol. The van der Waals surface area contributed by atoms with Crippen LogP contribution in [-0.4, -0.2) is 16.8 Å². The lowest BCUT2D eigenvalue weighted by molar-refractivity contribution is -0.374. The van der Waals surface area contributed by atoms with E-state index in [1.165, 1.54) is 17.5 Å². The highest BCUT2D eigenvalue weighted by atomic mass is 32.1. The Morgan fingerprint density at radius 2 is 2.03 bits per heavy atom. The molecule has 4 aromatic rings. The molecule has 9 heteroatoms. The van der Waals surface area contributed by atoms with Crippen molar-refractivity contribution in [2.75, 3.05) is 5.32 Å². The normalized spacial score (nSPS) is 10.8. The number of thiazole rings is 1. The van der Waals surface area contributed by atoms with Crippen LogP contribution in [0.2, 0.25) is 0 Å². The number of benzene rings is 2. The molecule has 4 rings (SSSR count). The number of aromatic nitrogens is 2. The summed E-state index contributed by atoms with van der Waals surface area (Å²) in [5.41, 5.74) is 9.31. The first-order chi connectivity index (χ1) is 14.0. The number of nitroso groups, excluding NO2 is 1. The van der Waals surface area contributed by atoms with Crippen molar-refractivity contribution in [3.05, 3.63) is 69.1 Å². The van der Waals surface area contributed by atoms with Crippen LogP contribution in [0.4, 0.5) is 11.4 Å². The minimum Gasteiger partial charge on any atom is -0.366 e. The first-order valence-corrected chi connectivity index (χ1v) is 9.53. The largest absolute Gasteiger partial charge is 0.366 e. The van der Waals surface area contributed by atoms with E-state index in [-0.39, 0.29) is 17.2 Å². The molecule has 0 aliphatic heterocycles. The van der Waals surface area contributed by atoms with Crippen LogP contribution in [0.15, 0.2) is 53.3 Å². The number of anilines is 1. The Bertz CT molecular complexity index is 1260. The van der Waals surface area contributed by atoms with Gasteiger partial charge in [-0.2, -0.15) is 4.98 Å². The Morgan fingerprint density at radius 1 is 1.21 bits per heavy atom. The van der Waals surface area contributed by atoms with Crippen molar-refractivity contribution in [3.63, 3.8) is 0 Å². The van der Waals surface area contributed by atoms with Crippen LogP contribution in [0, 0.1) is 11.8 Å². The standard InChI is InChI=1S/C20H15N5O3S/c1-10-11(3-2-4-14(10)24-19(27)20-22-7-8-29-20)12-5-6-13(18(21)26)17-16(12)15(25-28)9-23-17/h2-9,23H,1H3,(H2,21,26)(H,24,27)/p+1. The summed E-state index contributed by atoms with van der Waals surface area (Å²) < 4.78 is 0. The third-order valence-corrected chi connectivity index (χ3v) is 5.54. The molecule has 5 N–H and O–H groups in total. The maximum Gasteiger partial charge on any atom is 0.331 e. The van der Waals surface area contributed by atoms with E-state index in [4.69, 9.17) is 5.73 Å². The van der Waals surface area contributed by atoms with E-state index in [0.29, 0.717) is 27.2 Å². The van der Waals surface area contributed by atoms with Gasteiger partial charge >= 0.3 is 10.9 Å². The molecule has 0 aliphatic rings. The molecular formula is C20H16N5O3S+. The number of fused-ring (bicyclic) bond motifs is 1. The topological polar surface area (TPSA) is 132 Å². The predicted molar refractivity (Wildman–Crippen MR) is 111 cm³/mol. The number of H-pyrrole nitrogens is 2. The van der Waals surface area contributed by atoms with Crippen LogP contribution in [0.25, 0.3) is 22.0 Å². The maximum atomic E-state index is 12.4. The quantitative estimate of drug-likeness (QED) is 0.436. The molecule has 0 spiro atoms. The average molecular weight is 406 g/mol. The zero-order valence-electron chi connectivity index (χ0n) is 15.3. The lowest BCUT2D eigenvalue weighted by Gasteiger charge is -2.13. The molecule has 2 heterocycles. The molecule has 2 amide bonds. The van der Waals surface area contributed by atoms with Crippen LogP contribution in [0.5, 0.6) is 0 Å². The maximum absolute atomic E-state index is 12.4. The summed E-state index contributed by atoms with van der Waals surface area (Å²) in [6.07, 6.45) is 3.14. The highest BCUT2D eigenvalue weighted by molar-refractivity contribution is 7.11. The van der Waals surface area contributed by atoms with E-state index in [1.54, 1.807) is 29.8 Å². The second-order valence-electron chi connectivity index (χ2n) is 6.37. The summed E-state index contributed by atoms with van der Waals surface area (Å²) >= 11 is 1.31. The molecule has 0 radical (unpaired) electrons. The Balaban J connectivity index is 1.86. The second-order valence-corrected chi connectivity index (χ2v) is 7.28. The van der Waals surface area contributed by atoms with E-state index in [9.17, 15) is 14.5 Å². The lowest BCUT2D eigenvalue weighted by atomic mass is 9.94. The number of nitrogens with one attached hydrogen (secondary N) is 3. The second kappa shape index (κ2) is 7.28. The van der Waals surface area contributed by atoms with Crippen LogP contribution in [-0.2, 0) is 0 Å².